The summed E-state index contributed by atoms with van der Waals surface area (Å²) in [5.41, 5.74) is 6.02. The van der Waals surface area contributed by atoms with Crippen molar-refractivity contribution in [3.63, 3.8) is 0 Å². The highest BCUT2D eigenvalue weighted by molar-refractivity contribution is 9.10. The Morgan fingerprint density at radius 2 is 2.00 bits per heavy atom. The van der Waals surface area contributed by atoms with E-state index in [1.54, 1.807) is 13.8 Å². The molecule has 1 amide bonds. The van der Waals surface area contributed by atoms with E-state index >= 15 is 0 Å². The van der Waals surface area contributed by atoms with Crippen LogP contribution in [0.1, 0.15) is 23.1 Å². The average Bonchev–Trinajstić information content (AvgIpc) is 2.69. The number of anilines is 2. The largest absolute Gasteiger partial charge is 0.395 e. The fourth-order valence-electron chi connectivity index (χ4n) is 1.90. The molecule has 112 valence electrons. The van der Waals surface area contributed by atoms with Gasteiger partial charge in [0.1, 0.15) is 11.4 Å². The number of nitrogen functional groups attached to an aromatic ring is 1. The molecule has 8 heteroatoms. The normalized spacial score (nSPS) is 10.7. The van der Waals surface area contributed by atoms with Crippen molar-refractivity contribution in [3.05, 3.63) is 39.6 Å². The van der Waals surface area contributed by atoms with Crippen LogP contribution in [-0.4, -0.2) is 15.7 Å². The lowest BCUT2D eigenvalue weighted by Crippen LogP contribution is -2.20. The second-order valence-corrected chi connectivity index (χ2v) is 5.28. The summed E-state index contributed by atoms with van der Waals surface area (Å²) in [5.74, 6) is -2.48. The van der Waals surface area contributed by atoms with E-state index in [1.165, 1.54) is 4.68 Å². The number of halogens is 3. The monoisotopic (exact) mass is 358 g/mol. The molecule has 0 saturated heterocycles. The minimum atomic E-state index is -0.881. The number of amides is 1. The molecule has 1 aromatic carbocycles. The topological polar surface area (TPSA) is 72.9 Å². The third-order valence-corrected chi connectivity index (χ3v) is 3.39. The Labute approximate surface area is 128 Å². The Bertz CT molecular complexity index is 691. The molecule has 0 bridgehead atoms. The number of nitrogens with two attached hydrogens (primary N) is 1. The molecule has 1 aromatic heterocycles. The van der Waals surface area contributed by atoms with Gasteiger partial charge in [-0.1, -0.05) is 15.9 Å². The molecule has 0 aliphatic carbocycles. The minimum absolute atomic E-state index is 0.0803. The molecule has 0 atom stereocenters. The molecule has 0 aliphatic rings. The fourth-order valence-corrected chi connectivity index (χ4v) is 2.30. The van der Waals surface area contributed by atoms with Gasteiger partial charge in [0, 0.05) is 11.0 Å². The molecule has 2 rings (SSSR count). The summed E-state index contributed by atoms with van der Waals surface area (Å²) in [4.78, 5) is 12.2. The summed E-state index contributed by atoms with van der Waals surface area (Å²) in [6, 6.07) is 2.12. The fraction of sp³-hybridized carbons (Fsp3) is 0.231. The van der Waals surface area contributed by atoms with Gasteiger partial charge >= 0.3 is 0 Å². The number of hydrogen-bond donors (Lipinski definition) is 2. The van der Waals surface area contributed by atoms with E-state index in [-0.39, 0.29) is 15.9 Å². The molecule has 0 radical (unpaired) electrons. The van der Waals surface area contributed by atoms with Crippen LogP contribution in [0.4, 0.5) is 20.2 Å². The summed E-state index contributed by atoms with van der Waals surface area (Å²) in [6.07, 6.45) is 0. The summed E-state index contributed by atoms with van der Waals surface area (Å²) < 4.78 is 29.1. The SMILES string of the molecule is CCn1nc(C)c(N)c1C(=O)Nc1c(F)cc(Br)cc1F. The number of nitrogens with one attached hydrogen (secondary N) is 1. The highest BCUT2D eigenvalue weighted by atomic mass is 79.9. The van der Waals surface area contributed by atoms with Crippen molar-refractivity contribution in [1.29, 1.82) is 0 Å². The van der Waals surface area contributed by atoms with Gasteiger partial charge in [-0.2, -0.15) is 5.10 Å². The zero-order valence-electron chi connectivity index (χ0n) is 11.4. The molecule has 1 heterocycles. The number of carbonyl (C=O) groups excluding carboxylic acids is 1. The quantitative estimate of drug-likeness (QED) is 0.885. The van der Waals surface area contributed by atoms with Gasteiger partial charge in [0.2, 0.25) is 0 Å². The maximum Gasteiger partial charge on any atom is 0.276 e. The number of hydrogen-bond acceptors (Lipinski definition) is 3. The van der Waals surface area contributed by atoms with Crippen molar-refractivity contribution in [3.8, 4) is 0 Å². The molecule has 0 fully saturated rings. The average molecular weight is 359 g/mol. The van der Waals surface area contributed by atoms with Crippen LogP contribution in [-0.2, 0) is 6.54 Å². The number of nitrogens with zero attached hydrogens (tertiary/aromatic N) is 2. The van der Waals surface area contributed by atoms with Crippen LogP contribution in [0.25, 0.3) is 0 Å². The summed E-state index contributed by atoms with van der Waals surface area (Å²) >= 11 is 2.97. The number of rotatable bonds is 3. The first kappa shape index (κ1) is 15.4. The van der Waals surface area contributed by atoms with Crippen LogP contribution in [0.2, 0.25) is 0 Å². The minimum Gasteiger partial charge on any atom is -0.395 e. The molecule has 0 aliphatic heterocycles. The van der Waals surface area contributed by atoms with E-state index in [0.29, 0.717) is 12.2 Å². The lowest BCUT2D eigenvalue weighted by Gasteiger charge is -2.09. The molecule has 0 saturated carbocycles. The molecule has 5 nitrogen and oxygen atoms in total. The van der Waals surface area contributed by atoms with Crippen LogP contribution in [0, 0.1) is 18.6 Å². The highest BCUT2D eigenvalue weighted by Crippen LogP contribution is 2.25. The Hall–Kier alpha value is -1.96. The van der Waals surface area contributed by atoms with Gasteiger partial charge in [-0.3, -0.25) is 9.48 Å². The molecule has 3 N–H and O–H groups in total. The van der Waals surface area contributed by atoms with Crippen molar-refractivity contribution in [2.45, 2.75) is 20.4 Å². The summed E-state index contributed by atoms with van der Waals surface area (Å²) in [5, 5.41) is 6.29. The van der Waals surface area contributed by atoms with Gasteiger partial charge in [-0.15, -0.1) is 0 Å². The van der Waals surface area contributed by atoms with Crippen LogP contribution in [0.3, 0.4) is 0 Å². The molecule has 0 unspecified atom stereocenters. The smallest absolute Gasteiger partial charge is 0.276 e. The first-order valence-electron chi connectivity index (χ1n) is 6.13. The maximum atomic E-state index is 13.7. The molecular formula is C13H13BrF2N4O. The predicted octanol–water partition coefficient (Wildman–Crippen LogP) is 3.09. The lowest BCUT2D eigenvalue weighted by atomic mass is 10.2. The molecule has 21 heavy (non-hydrogen) atoms. The van der Waals surface area contributed by atoms with Gasteiger partial charge in [0.25, 0.3) is 5.91 Å². The third-order valence-electron chi connectivity index (χ3n) is 2.93. The number of aryl methyl sites for hydroxylation is 2. The van der Waals surface area contributed by atoms with E-state index in [0.717, 1.165) is 12.1 Å². The van der Waals surface area contributed by atoms with Gasteiger partial charge in [0.05, 0.1) is 11.4 Å². The lowest BCUT2D eigenvalue weighted by molar-refractivity contribution is 0.101. The van der Waals surface area contributed by atoms with Gasteiger partial charge < -0.3 is 11.1 Å². The number of aromatic nitrogens is 2. The molecule has 2 aromatic rings. The molecule has 0 spiro atoms. The summed E-state index contributed by atoms with van der Waals surface area (Å²) in [7, 11) is 0. The highest BCUT2D eigenvalue weighted by Gasteiger charge is 2.21. The third kappa shape index (κ3) is 2.90. The van der Waals surface area contributed by atoms with E-state index in [4.69, 9.17) is 5.73 Å². The van der Waals surface area contributed by atoms with E-state index in [1.807, 2.05) is 0 Å². The van der Waals surface area contributed by atoms with Crippen molar-refractivity contribution < 1.29 is 13.6 Å². The number of benzene rings is 1. The van der Waals surface area contributed by atoms with Crippen LogP contribution in [0.15, 0.2) is 16.6 Å². The zero-order chi connectivity index (χ0) is 15.7. The van der Waals surface area contributed by atoms with Crippen molar-refractivity contribution in [1.82, 2.24) is 9.78 Å². The van der Waals surface area contributed by atoms with Crippen LogP contribution < -0.4 is 11.1 Å². The van der Waals surface area contributed by atoms with E-state index in [2.05, 4.69) is 26.3 Å². The second kappa shape index (κ2) is 5.80. The van der Waals surface area contributed by atoms with Crippen molar-refractivity contribution in [2.75, 3.05) is 11.1 Å². The zero-order valence-corrected chi connectivity index (χ0v) is 13.0. The van der Waals surface area contributed by atoms with Gasteiger partial charge in [0.15, 0.2) is 11.6 Å². The number of carbonyl (C=O) groups is 1. The van der Waals surface area contributed by atoms with Crippen molar-refractivity contribution >= 4 is 33.2 Å². The second-order valence-electron chi connectivity index (χ2n) is 4.36. The van der Waals surface area contributed by atoms with Gasteiger partial charge in [-0.05, 0) is 26.0 Å². The first-order chi connectivity index (χ1) is 9.85. The van der Waals surface area contributed by atoms with Crippen molar-refractivity contribution in [2.24, 2.45) is 0 Å². The molecular weight excluding hydrogens is 346 g/mol. The Balaban J connectivity index is 2.40. The van der Waals surface area contributed by atoms with E-state index < -0.39 is 23.2 Å². The van der Waals surface area contributed by atoms with Crippen LogP contribution >= 0.6 is 15.9 Å². The standard InChI is InChI=1S/C13H13BrF2N4O/c1-3-20-12(10(17)6(2)19-20)13(21)18-11-8(15)4-7(14)5-9(11)16/h4-5H,3,17H2,1-2H3,(H,18,21). The first-order valence-corrected chi connectivity index (χ1v) is 6.93. The van der Waals surface area contributed by atoms with E-state index in [9.17, 15) is 13.6 Å². The summed E-state index contributed by atoms with van der Waals surface area (Å²) in [6.45, 7) is 3.84. The Morgan fingerprint density at radius 3 is 2.52 bits per heavy atom. The maximum absolute atomic E-state index is 13.7. The Morgan fingerprint density at radius 1 is 1.43 bits per heavy atom. The Kier molecular flexibility index (Phi) is 4.26. The van der Waals surface area contributed by atoms with Gasteiger partial charge in [-0.25, -0.2) is 8.78 Å². The predicted molar refractivity (Wildman–Crippen MR) is 79.1 cm³/mol. The van der Waals surface area contributed by atoms with Crippen LogP contribution in [0.5, 0.6) is 0 Å².